The van der Waals surface area contributed by atoms with E-state index in [2.05, 4.69) is 10.6 Å². The van der Waals surface area contributed by atoms with E-state index in [4.69, 9.17) is 9.84 Å². The fourth-order valence-corrected chi connectivity index (χ4v) is 1.29. The number of aliphatic carboxylic acids is 1. The molecule has 116 valence electrons. The lowest BCUT2D eigenvalue weighted by Crippen LogP contribution is -2.47. The zero-order valence-corrected chi connectivity index (χ0v) is 11.2. The highest BCUT2D eigenvalue weighted by molar-refractivity contribution is 5.91. The predicted molar refractivity (Wildman–Crippen MR) is 68.2 cm³/mol. The van der Waals surface area contributed by atoms with Crippen LogP contribution in [0.2, 0.25) is 0 Å². The van der Waals surface area contributed by atoms with Crippen molar-refractivity contribution in [3.05, 3.63) is 23.8 Å². The van der Waals surface area contributed by atoms with Crippen LogP contribution in [0.1, 0.15) is 6.92 Å². The first kappa shape index (κ1) is 16.6. The molecular weight excluding hydrogens is 290 g/mol. The van der Waals surface area contributed by atoms with Crippen molar-refractivity contribution in [2.45, 2.75) is 12.5 Å². The van der Waals surface area contributed by atoms with E-state index in [0.29, 0.717) is 6.07 Å². The summed E-state index contributed by atoms with van der Waals surface area (Å²) in [6.07, 6.45) is 0. The number of carbonyl (C=O) groups is 2. The number of nitrogens with one attached hydrogen (secondary N) is 2. The lowest BCUT2D eigenvalue weighted by atomic mass is 10.1. The van der Waals surface area contributed by atoms with E-state index in [-0.39, 0.29) is 11.4 Å². The summed E-state index contributed by atoms with van der Waals surface area (Å²) < 4.78 is 30.9. The van der Waals surface area contributed by atoms with Crippen molar-refractivity contribution in [1.29, 1.82) is 0 Å². The van der Waals surface area contributed by atoms with Crippen molar-refractivity contribution in [1.82, 2.24) is 5.32 Å². The smallest absolute Gasteiger partial charge is 0.337 e. The van der Waals surface area contributed by atoms with Gasteiger partial charge in [0.05, 0.1) is 19.3 Å². The molecule has 1 aromatic carbocycles. The van der Waals surface area contributed by atoms with Gasteiger partial charge in [0.25, 0.3) is 0 Å². The number of benzene rings is 1. The molecule has 1 aromatic rings. The molecule has 0 saturated carbocycles. The number of urea groups is 1. The first-order chi connectivity index (χ1) is 9.67. The van der Waals surface area contributed by atoms with Crippen LogP contribution in [0, 0.1) is 11.6 Å². The second-order valence-electron chi connectivity index (χ2n) is 4.35. The van der Waals surface area contributed by atoms with Crippen LogP contribution in [0.15, 0.2) is 12.1 Å². The molecule has 0 aliphatic heterocycles. The topological polar surface area (TPSA) is 108 Å². The average molecular weight is 304 g/mol. The lowest BCUT2D eigenvalue weighted by Gasteiger charge is -2.19. The Hall–Kier alpha value is -2.42. The number of hydrogen-bond acceptors (Lipinski definition) is 4. The largest absolute Gasteiger partial charge is 0.494 e. The van der Waals surface area contributed by atoms with Crippen LogP contribution in [0.4, 0.5) is 19.3 Å². The van der Waals surface area contributed by atoms with Crippen LogP contribution in [0.25, 0.3) is 0 Å². The van der Waals surface area contributed by atoms with Crippen molar-refractivity contribution in [2.24, 2.45) is 0 Å². The Labute approximate surface area is 118 Å². The molecule has 9 heteroatoms. The Morgan fingerprint density at radius 2 is 1.90 bits per heavy atom. The molecule has 2 amide bonds. The van der Waals surface area contributed by atoms with Crippen LogP contribution in [-0.2, 0) is 4.79 Å². The average Bonchev–Trinajstić information content (AvgIpc) is 2.40. The zero-order valence-electron chi connectivity index (χ0n) is 11.2. The molecule has 4 N–H and O–H groups in total. The van der Waals surface area contributed by atoms with Crippen molar-refractivity contribution in [3.63, 3.8) is 0 Å². The molecule has 1 rings (SSSR count). The summed E-state index contributed by atoms with van der Waals surface area (Å²) >= 11 is 0. The van der Waals surface area contributed by atoms with Gasteiger partial charge in [0.1, 0.15) is 5.75 Å². The minimum atomic E-state index is -2.16. The highest BCUT2D eigenvalue weighted by Gasteiger charge is 2.30. The summed E-state index contributed by atoms with van der Waals surface area (Å²) in [5, 5.41) is 22.3. The predicted octanol–water partition coefficient (Wildman–Crippen LogP) is 0.931. The molecule has 0 aliphatic rings. The molecule has 7 nitrogen and oxygen atoms in total. The van der Waals surface area contributed by atoms with E-state index >= 15 is 0 Å². The van der Waals surface area contributed by atoms with Crippen molar-refractivity contribution in [3.8, 4) is 5.75 Å². The fourth-order valence-electron chi connectivity index (χ4n) is 1.29. The van der Waals surface area contributed by atoms with Gasteiger partial charge in [-0.1, -0.05) is 0 Å². The number of amides is 2. The molecule has 0 aromatic heterocycles. The minimum Gasteiger partial charge on any atom is -0.494 e. The Balaban J connectivity index is 2.76. The normalized spacial score (nSPS) is 13.2. The van der Waals surface area contributed by atoms with Gasteiger partial charge in [-0.15, -0.1) is 0 Å². The van der Waals surface area contributed by atoms with Crippen molar-refractivity contribution in [2.75, 3.05) is 19.0 Å². The number of carboxylic acids is 1. The number of rotatable bonds is 5. The van der Waals surface area contributed by atoms with Gasteiger partial charge in [-0.25, -0.2) is 18.4 Å². The van der Waals surface area contributed by atoms with E-state index in [1.165, 1.54) is 7.11 Å². The molecular formula is C12H14F2N2O5. The quantitative estimate of drug-likeness (QED) is 0.647. The highest BCUT2D eigenvalue weighted by atomic mass is 19.2. The van der Waals surface area contributed by atoms with E-state index in [0.717, 1.165) is 13.0 Å². The third kappa shape index (κ3) is 4.28. The third-order valence-corrected chi connectivity index (χ3v) is 2.54. The molecule has 1 atom stereocenters. The first-order valence-corrected chi connectivity index (χ1v) is 5.71. The Morgan fingerprint density at radius 1 is 1.33 bits per heavy atom. The fraction of sp³-hybridized carbons (Fsp3) is 0.333. The second-order valence-corrected chi connectivity index (χ2v) is 4.35. The van der Waals surface area contributed by atoms with Gasteiger partial charge in [-0.3, -0.25) is 0 Å². The number of halogens is 2. The standard InChI is InChI=1S/C12H14F2N2O5/c1-12(20,10(17)18)5-15-11(19)16-8-3-6(13)7(14)4-9(8)21-2/h3-4,20H,5H2,1-2H3,(H,17,18)(H2,15,16,19). The summed E-state index contributed by atoms with van der Waals surface area (Å²) in [6, 6.07) is 0.544. The third-order valence-electron chi connectivity index (χ3n) is 2.54. The molecule has 1 unspecified atom stereocenters. The number of aliphatic hydroxyl groups is 1. The SMILES string of the molecule is COc1cc(F)c(F)cc1NC(=O)NCC(C)(O)C(=O)O. The minimum absolute atomic E-state index is 0.117. The molecule has 0 fully saturated rings. The Kier molecular flexibility index (Phi) is 5.03. The number of carboxylic acid groups (broad SMARTS) is 1. The van der Waals surface area contributed by atoms with Gasteiger partial charge in [0.15, 0.2) is 17.2 Å². The van der Waals surface area contributed by atoms with Gasteiger partial charge in [-0.2, -0.15) is 0 Å². The van der Waals surface area contributed by atoms with Gasteiger partial charge < -0.3 is 25.6 Å². The molecule has 0 spiro atoms. The molecule has 0 heterocycles. The maximum Gasteiger partial charge on any atom is 0.337 e. The van der Waals surface area contributed by atoms with Crippen LogP contribution in [0.3, 0.4) is 0 Å². The number of methoxy groups -OCH3 is 1. The summed E-state index contributed by atoms with van der Waals surface area (Å²) in [5.74, 6) is -3.97. The van der Waals surface area contributed by atoms with Gasteiger partial charge >= 0.3 is 12.0 Å². The van der Waals surface area contributed by atoms with E-state index in [9.17, 15) is 23.5 Å². The number of ether oxygens (including phenoxy) is 1. The van der Waals surface area contributed by atoms with E-state index in [1.54, 1.807) is 0 Å². The molecule has 0 saturated heterocycles. The van der Waals surface area contributed by atoms with E-state index in [1.807, 2.05) is 0 Å². The lowest BCUT2D eigenvalue weighted by molar-refractivity contribution is -0.155. The number of hydrogen-bond donors (Lipinski definition) is 4. The van der Waals surface area contributed by atoms with Crippen LogP contribution in [0.5, 0.6) is 5.75 Å². The van der Waals surface area contributed by atoms with Gasteiger partial charge in [0, 0.05) is 12.1 Å². The zero-order chi connectivity index (χ0) is 16.2. The summed E-state index contributed by atoms with van der Waals surface area (Å²) in [4.78, 5) is 22.2. The number of carbonyl (C=O) groups excluding carboxylic acids is 1. The van der Waals surface area contributed by atoms with Crippen LogP contribution >= 0.6 is 0 Å². The number of anilines is 1. The highest BCUT2D eigenvalue weighted by Crippen LogP contribution is 2.26. The first-order valence-electron chi connectivity index (χ1n) is 5.71. The van der Waals surface area contributed by atoms with Gasteiger partial charge in [0.2, 0.25) is 0 Å². The molecule has 21 heavy (non-hydrogen) atoms. The molecule has 0 radical (unpaired) electrons. The van der Waals surface area contributed by atoms with Crippen LogP contribution in [-0.4, -0.2) is 41.5 Å². The maximum absolute atomic E-state index is 13.1. The monoisotopic (exact) mass is 304 g/mol. The van der Waals surface area contributed by atoms with Crippen molar-refractivity contribution >= 4 is 17.7 Å². The van der Waals surface area contributed by atoms with E-state index < -0.39 is 35.8 Å². The maximum atomic E-state index is 13.1. The molecule has 0 aliphatic carbocycles. The molecule has 0 bridgehead atoms. The summed E-state index contributed by atoms with van der Waals surface area (Å²) in [5.41, 5.74) is -2.31. The van der Waals surface area contributed by atoms with Crippen LogP contribution < -0.4 is 15.4 Å². The summed E-state index contributed by atoms with van der Waals surface area (Å²) in [6.45, 7) is 0.411. The van der Waals surface area contributed by atoms with Gasteiger partial charge in [-0.05, 0) is 6.92 Å². The summed E-state index contributed by atoms with van der Waals surface area (Å²) in [7, 11) is 1.20. The van der Waals surface area contributed by atoms with Crippen molar-refractivity contribution < 1.29 is 33.3 Å². The Morgan fingerprint density at radius 3 is 2.43 bits per heavy atom. The second kappa shape index (κ2) is 6.35. The Bertz CT molecular complexity index is 563.